The topological polar surface area (TPSA) is 128 Å². The van der Waals surface area contributed by atoms with Crippen LogP contribution in [0.15, 0.2) is 108 Å². The minimum atomic E-state index is -0.564. The van der Waals surface area contributed by atoms with Crippen molar-refractivity contribution in [3.05, 3.63) is 119 Å². The largest absolute Gasteiger partial charge is 0.493 e. The summed E-state index contributed by atoms with van der Waals surface area (Å²) < 4.78 is 16.3. The number of benzene rings is 4. The summed E-state index contributed by atoms with van der Waals surface area (Å²) in [6.07, 6.45) is 1.52. The summed E-state index contributed by atoms with van der Waals surface area (Å²) in [6.45, 7) is 1.97. The monoisotopic (exact) mass is 694 g/mol. The summed E-state index contributed by atoms with van der Waals surface area (Å²) in [4.78, 5) is 46.0. The molecule has 0 saturated carbocycles. The lowest BCUT2D eigenvalue weighted by Crippen LogP contribution is -2.30. The number of aryl methyl sites for hydroxylation is 1. The van der Waals surface area contributed by atoms with Gasteiger partial charge in [0.15, 0.2) is 16.6 Å². The van der Waals surface area contributed by atoms with Gasteiger partial charge >= 0.3 is 0 Å². The molecule has 0 unspecified atom stereocenters. The molecule has 0 fully saturated rings. The van der Waals surface area contributed by atoms with E-state index in [4.69, 9.17) is 14.2 Å². The van der Waals surface area contributed by atoms with Crippen LogP contribution in [-0.2, 0) is 9.59 Å². The maximum absolute atomic E-state index is 13.7. The number of anilines is 2. The van der Waals surface area contributed by atoms with Crippen LogP contribution in [-0.4, -0.2) is 49.8 Å². The Kier molecular flexibility index (Phi) is 11.7. The summed E-state index contributed by atoms with van der Waals surface area (Å²) in [5, 5.41) is 9.02. The number of nitrogens with zero attached hydrogens (tertiary/aromatic N) is 1. The van der Waals surface area contributed by atoms with Crippen molar-refractivity contribution in [2.75, 3.05) is 37.7 Å². The fraction of sp³-hybridized carbons (Fsp3) is 0.135. The number of carbonyl (C=O) groups is 3. The highest BCUT2D eigenvalue weighted by Gasteiger charge is 2.18. The number of carbonyl (C=O) groups excluding carboxylic acids is 3. The smallest absolute Gasteiger partial charge is 0.272 e. The van der Waals surface area contributed by atoms with E-state index in [0.717, 1.165) is 21.0 Å². The van der Waals surface area contributed by atoms with Crippen LogP contribution in [0.1, 0.15) is 20.8 Å². The predicted molar refractivity (Wildman–Crippen MR) is 195 cm³/mol. The molecule has 0 aliphatic rings. The van der Waals surface area contributed by atoms with Crippen molar-refractivity contribution < 1.29 is 28.6 Å². The van der Waals surface area contributed by atoms with Gasteiger partial charge in [-0.15, -0.1) is 23.1 Å². The zero-order valence-corrected chi connectivity index (χ0v) is 28.9. The van der Waals surface area contributed by atoms with Crippen LogP contribution in [0.25, 0.3) is 17.3 Å². The molecule has 0 bridgehead atoms. The molecule has 0 saturated heterocycles. The average Bonchev–Trinajstić information content (AvgIpc) is 3.49. The number of thiazole rings is 1. The number of nitrogens with one attached hydrogen (secondary N) is 3. The number of hydrogen-bond acceptors (Lipinski definition) is 9. The summed E-state index contributed by atoms with van der Waals surface area (Å²) >= 11 is 2.74. The first-order chi connectivity index (χ1) is 23.8. The number of ether oxygens (including phenoxy) is 3. The zero-order chi connectivity index (χ0) is 34.8. The van der Waals surface area contributed by atoms with E-state index in [1.54, 1.807) is 60.7 Å². The Hall–Kier alpha value is -5.59. The Morgan fingerprint density at radius 3 is 2.14 bits per heavy atom. The van der Waals surface area contributed by atoms with Crippen molar-refractivity contribution >= 4 is 57.7 Å². The second-order valence-corrected chi connectivity index (χ2v) is 12.7. The van der Waals surface area contributed by atoms with Gasteiger partial charge in [0.2, 0.25) is 11.7 Å². The van der Waals surface area contributed by atoms with Crippen LogP contribution in [0, 0.1) is 6.92 Å². The third kappa shape index (κ3) is 9.06. The van der Waals surface area contributed by atoms with Gasteiger partial charge in [0.05, 0.1) is 32.8 Å². The quantitative estimate of drug-likeness (QED) is 0.0867. The van der Waals surface area contributed by atoms with Crippen LogP contribution in [0.2, 0.25) is 0 Å². The van der Waals surface area contributed by atoms with Crippen molar-refractivity contribution in [3.8, 4) is 28.5 Å². The third-order valence-electron chi connectivity index (χ3n) is 7.08. The van der Waals surface area contributed by atoms with Gasteiger partial charge < -0.3 is 30.2 Å². The average molecular weight is 695 g/mol. The Balaban J connectivity index is 1.30. The van der Waals surface area contributed by atoms with Crippen LogP contribution >= 0.6 is 23.1 Å². The number of thioether (sulfide) groups is 1. The summed E-state index contributed by atoms with van der Waals surface area (Å²) in [5.41, 5.74) is 3.20. The van der Waals surface area contributed by atoms with Crippen molar-refractivity contribution in [1.82, 2.24) is 10.3 Å². The van der Waals surface area contributed by atoms with E-state index in [0.29, 0.717) is 39.2 Å². The highest BCUT2D eigenvalue weighted by atomic mass is 32.2. The number of amides is 3. The number of rotatable bonds is 13. The van der Waals surface area contributed by atoms with Gasteiger partial charge in [0.25, 0.3) is 11.8 Å². The number of methoxy groups -OCH3 is 3. The molecule has 10 nitrogen and oxygen atoms in total. The molecule has 3 amide bonds. The van der Waals surface area contributed by atoms with Crippen molar-refractivity contribution in [1.29, 1.82) is 0 Å². The second kappa shape index (κ2) is 16.5. The molecule has 0 atom stereocenters. The number of hydrogen-bond donors (Lipinski definition) is 3. The lowest BCUT2D eigenvalue weighted by molar-refractivity contribution is -0.114. The van der Waals surface area contributed by atoms with Gasteiger partial charge in [-0.05, 0) is 61.0 Å². The Morgan fingerprint density at radius 2 is 1.49 bits per heavy atom. The van der Waals surface area contributed by atoms with E-state index in [1.807, 2.05) is 43.3 Å². The van der Waals surface area contributed by atoms with Crippen molar-refractivity contribution in [3.63, 3.8) is 0 Å². The number of aromatic nitrogens is 1. The Bertz CT molecular complexity index is 1950. The minimum Gasteiger partial charge on any atom is -0.493 e. The van der Waals surface area contributed by atoms with Crippen molar-refractivity contribution in [2.24, 2.45) is 0 Å². The molecule has 3 N–H and O–H groups in total. The highest BCUT2D eigenvalue weighted by Crippen LogP contribution is 2.39. The van der Waals surface area contributed by atoms with Crippen LogP contribution < -0.4 is 30.2 Å². The summed E-state index contributed by atoms with van der Waals surface area (Å²) in [6, 6.07) is 28.8. The van der Waals surface area contributed by atoms with Gasteiger partial charge in [-0.1, -0.05) is 54.6 Å². The molecule has 12 heteroatoms. The first-order valence-electron chi connectivity index (χ1n) is 15.0. The molecule has 0 spiro atoms. The summed E-state index contributed by atoms with van der Waals surface area (Å²) in [7, 11) is 4.48. The van der Waals surface area contributed by atoms with E-state index in [-0.39, 0.29) is 17.4 Å². The normalized spacial score (nSPS) is 11.0. The molecule has 5 rings (SSSR count). The van der Waals surface area contributed by atoms with Gasteiger partial charge in [-0.25, -0.2) is 4.98 Å². The summed E-state index contributed by atoms with van der Waals surface area (Å²) in [5.74, 6) is 0.0728. The van der Waals surface area contributed by atoms with E-state index >= 15 is 0 Å². The SMILES string of the molecule is COc1cc(/C=C(/NC(=O)c2ccccc2)C(=O)Nc2cccc(SCC(=O)Nc3nc(-c4ccccc4)c(C)s3)c2)cc(OC)c1OC. The predicted octanol–water partition coefficient (Wildman–Crippen LogP) is 7.28. The molecule has 0 aliphatic heterocycles. The molecule has 49 heavy (non-hydrogen) atoms. The van der Waals surface area contributed by atoms with Crippen LogP contribution in [0.5, 0.6) is 17.2 Å². The molecule has 0 aliphatic carbocycles. The first kappa shape index (κ1) is 34.7. The molecule has 1 heterocycles. The minimum absolute atomic E-state index is 0.0193. The van der Waals surface area contributed by atoms with Gasteiger partial charge in [-0.2, -0.15) is 0 Å². The molecular weight excluding hydrogens is 661 g/mol. The van der Waals surface area contributed by atoms with Gasteiger partial charge in [0.1, 0.15) is 5.70 Å². The first-order valence-corrected chi connectivity index (χ1v) is 16.8. The van der Waals surface area contributed by atoms with Gasteiger partial charge in [-0.3, -0.25) is 14.4 Å². The molecule has 250 valence electrons. The molecular formula is C37H34N4O6S2. The van der Waals surface area contributed by atoms with Crippen LogP contribution in [0.3, 0.4) is 0 Å². The van der Waals surface area contributed by atoms with E-state index < -0.39 is 11.8 Å². The lowest BCUT2D eigenvalue weighted by Gasteiger charge is -2.15. The highest BCUT2D eigenvalue weighted by molar-refractivity contribution is 8.00. The second-order valence-electron chi connectivity index (χ2n) is 10.4. The van der Waals surface area contributed by atoms with Crippen molar-refractivity contribution in [2.45, 2.75) is 11.8 Å². The van der Waals surface area contributed by atoms with Gasteiger partial charge in [0, 0.05) is 26.6 Å². The Labute approximate surface area is 292 Å². The molecule has 4 aromatic carbocycles. The zero-order valence-electron chi connectivity index (χ0n) is 27.2. The van der Waals surface area contributed by atoms with E-state index in [1.165, 1.54) is 50.5 Å². The maximum Gasteiger partial charge on any atom is 0.272 e. The van der Waals surface area contributed by atoms with Crippen LogP contribution in [0.4, 0.5) is 10.8 Å². The molecule has 5 aromatic rings. The molecule has 1 aromatic heterocycles. The molecule has 0 radical (unpaired) electrons. The lowest BCUT2D eigenvalue weighted by atomic mass is 10.1. The van der Waals surface area contributed by atoms with E-state index in [2.05, 4.69) is 20.9 Å². The standard InChI is InChI=1S/C37H34N4O6S2/c1-23-33(25-12-7-5-8-13-25)41-37(49-23)40-32(42)22-48-28-17-11-16-27(21-28)38-36(44)29(39-35(43)26-14-9-6-10-15-26)18-24-19-30(45-2)34(47-4)31(20-24)46-3/h5-21H,22H2,1-4H3,(H,38,44)(H,39,43)(H,40,41,42)/b29-18+. The Morgan fingerprint density at radius 1 is 0.816 bits per heavy atom. The fourth-order valence-electron chi connectivity index (χ4n) is 4.77. The van der Waals surface area contributed by atoms with E-state index in [9.17, 15) is 14.4 Å². The maximum atomic E-state index is 13.7. The third-order valence-corrected chi connectivity index (χ3v) is 8.96. The fourth-order valence-corrected chi connectivity index (χ4v) is 6.38.